The van der Waals surface area contributed by atoms with Gasteiger partial charge in [0.1, 0.15) is 18.6 Å². The second-order valence-corrected chi connectivity index (χ2v) is 10.1. The van der Waals surface area contributed by atoms with Gasteiger partial charge in [-0.1, -0.05) is 18.2 Å². The summed E-state index contributed by atoms with van der Waals surface area (Å²) in [5.41, 5.74) is 1.64. The van der Waals surface area contributed by atoms with Crippen LogP contribution in [0.4, 0.5) is 13.2 Å². The largest absolute Gasteiger partial charge is 0.446 e. The lowest BCUT2D eigenvalue weighted by Gasteiger charge is -2.23. The number of likely N-dealkylation sites (tertiary alicyclic amines) is 1. The third-order valence-corrected chi connectivity index (χ3v) is 6.96. The van der Waals surface area contributed by atoms with Crippen molar-refractivity contribution in [3.8, 4) is 11.5 Å². The fourth-order valence-corrected chi connectivity index (χ4v) is 4.94. The van der Waals surface area contributed by atoms with Gasteiger partial charge in [0.2, 0.25) is 11.8 Å². The number of hydrogen-bond acceptors (Lipinski definition) is 7. The Balaban J connectivity index is 1.22. The van der Waals surface area contributed by atoms with Gasteiger partial charge in [-0.3, -0.25) is 9.59 Å². The van der Waals surface area contributed by atoms with Crippen molar-refractivity contribution in [2.24, 2.45) is 0 Å². The van der Waals surface area contributed by atoms with E-state index in [2.05, 4.69) is 20.6 Å². The molecule has 0 saturated carbocycles. The van der Waals surface area contributed by atoms with Gasteiger partial charge in [-0.05, 0) is 62.6 Å². The smallest absolute Gasteiger partial charge is 0.416 e. The summed E-state index contributed by atoms with van der Waals surface area (Å²) in [5, 5.41) is 5.94. The van der Waals surface area contributed by atoms with Gasteiger partial charge in [0, 0.05) is 36.3 Å². The fraction of sp³-hybridized carbons (Fsp3) is 0.333. The van der Waals surface area contributed by atoms with E-state index in [1.165, 1.54) is 18.5 Å². The third-order valence-electron chi connectivity index (χ3n) is 6.96. The standard InChI is InChI=1S/C30H30F3N5O4/c1-19-18-42-28(37-19)25-7-3-11-38(25)29(40)23-15-21(14-22(16-23)27-36-10-12-41-27)26(39)35-9-4-8-34-17-20-5-2-6-24(13-20)30(31,32)33/h2,5-6,10,12-16,18,25,34H,3-4,7-9,11,17H2,1H3,(H,35,39). The van der Waals surface area contributed by atoms with Crippen LogP contribution in [-0.4, -0.2) is 46.3 Å². The number of benzene rings is 2. The average Bonchev–Trinajstić information content (AvgIpc) is 3.76. The van der Waals surface area contributed by atoms with Crippen LogP contribution in [0.5, 0.6) is 0 Å². The van der Waals surface area contributed by atoms with Gasteiger partial charge in [-0.15, -0.1) is 0 Å². The second kappa shape index (κ2) is 12.6. The summed E-state index contributed by atoms with van der Waals surface area (Å²) in [4.78, 5) is 37.0. The Morgan fingerprint density at radius 2 is 1.93 bits per heavy atom. The van der Waals surface area contributed by atoms with Gasteiger partial charge in [0.25, 0.3) is 11.8 Å². The quantitative estimate of drug-likeness (QED) is 0.236. The van der Waals surface area contributed by atoms with Crippen LogP contribution in [0.1, 0.15) is 68.7 Å². The molecule has 0 bridgehead atoms. The Kier molecular flexibility index (Phi) is 8.72. The minimum absolute atomic E-state index is 0.255. The minimum atomic E-state index is -4.39. The highest BCUT2D eigenvalue weighted by Crippen LogP contribution is 2.34. The molecule has 1 fully saturated rings. The van der Waals surface area contributed by atoms with Gasteiger partial charge < -0.3 is 24.4 Å². The summed E-state index contributed by atoms with van der Waals surface area (Å²) in [6, 6.07) is 9.68. The van der Waals surface area contributed by atoms with Crippen LogP contribution < -0.4 is 10.6 Å². The van der Waals surface area contributed by atoms with Crippen molar-refractivity contribution in [3.63, 3.8) is 0 Å². The molecule has 42 heavy (non-hydrogen) atoms. The van der Waals surface area contributed by atoms with E-state index >= 15 is 0 Å². The summed E-state index contributed by atoms with van der Waals surface area (Å²) < 4.78 is 49.8. The molecule has 0 radical (unpaired) electrons. The number of rotatable bonds is 10. The highest BCUT2D eigenvalue weighted by atomic mass is 19.4. The topological polar surface area (TPSA) is 114 Å². The van der Waals surface area contributed by atoms with E-state index in [1.54, 1.807) is 35.4 Å². The first kappa shape index (κ1) is 29.1. The summed E-state index contributed by atoms with van der Waals surface area (Å²) in [5.74, 6) is 0.131. The van der Waals surface area contributed by atoms with Crippen molar-refractivity contribution in [2.75, 3.05) is 19.6 Å². The van der Waals surface area contributed by atoms with E-state index in [9.17, 15) is 22.8 Å². The highest BCUT2D eigenvalue weighted by Gasteiger charge is 2.34. The molecule has 1 atom stereocenters. The number of nitrogens with zero attached hydrogens (tertiary/aromatic N) is 3. The van der Waals surface area contributed by atoms with Crippen molar-refractivity contribution in [2.45, 2.75) is 44.9 Å². The van der Waals surface area contributed by atoms with E-state index in [0.717, 1.165) is 30.7 Å². The number of amides is 2. The number of carbonyl (C=O) groups excluding carboxylic acids is 2. The normalized spacial score (nSPS) is 15.2. The van der Waals surface area contributed by atoms with E-state index in [0.29, 0.717) is 48.6 Å². The van der Waals surface area contributed by atoms with Crippen molar-refractivity contribution in [3.05, 3.63) is 95.0 Å². The molecule has 2 aromatic heterocycles. The van der Waals surface area contributed by atoms with Crippen LogP contribution in [-0.2, 0) is 12.7 Å². The van der Waals surface area contributed by atoms with Crippen molar-refractivity contribution in [1.82, 2.24) is 25.5 Å². The van der Waals surface area contributed by atoms with E-state index < -0.39 is 11.7 Å². The molecular formula is C30H30F3N5O4. The first-order valence-electron chi connectivity index (χ1n) is 13.6. The maximum absolute atomic E-state index is 13.7. The van der Waals surface area contributed by atoms with Crippen LogP contribution in [0.3, 0.4) is 0 Å². The Morgan fingerprint density at radius 1 is 1.10 bits per heavy atom. The molecule has 3 heterocycles. The molecular weight excluding hydrogens is 551 g/mol. The van der Waals surface area contributed by atoms with Crippen LogP contribution >= 0.6 is 0 Å². The number of oxazole rings is 2. The molecule has 2 N–H and O–H groups in total. The van der Waals surface area contributed by atoms with Crippen LogP contribution in [0.15, 0.2) is 70.0 Å². The number of nitrogens with one attached hydrogen (secondary N) is 2. The molecule has 0 aliphatic carbocycles. The van der Waals surface area contributed by atoms with Gasteiger partial charge in [-0.25, -0.2) is 9.97 Å². The number of halogens is 3. The van der Waals surface area contributed by atoms with Gasteiger partial charge in [0.05, 0.1) is 17.5 Å². The Labute approximate surface area is 240 Å². The van der Waals surface area contributed by atoms with Crippen molar-refractivity contribution in [1.29, 1.82) is 0 Å². The Morgan fingerprint density at radius 3 is 2.67 bits per heavy atom. The molecule has 4 aromatic rings. The maximum Gasteiger partial charge on any atom is 0.416 e. The number of carbonyl (C=O) groups is 2. The number of hydrogen-bond donors (Lipinski definition) is 2. The first-order chi connectivity index (χ1) is 20.2. The zero-order valence-corrected chi connectivity index (χ0v) is 22.9. The molecule has 1 aliphatic rings. The van der Waals surface area contributed by atoms with Gasteiger partial charge >= 0.3 is 6.18 Å². The van der Waals surface area contributed by atoms with Gasteiger partial charge in [0.15, 0.2) is 0 Å². The molecule has 220 valence electrons. The molecule has 2 amide bonds. The number of aromatic nitrogens is 2. The fourth-order valence-electron chi connectivity index (χ4n) is 4.94. The van der Waals surface area contributed by atoms with Crippen molar-refractivity contribution < 1.29 is 31.6 Å². The molecule has 2 aromatic carbocycles. The maximum atomic E-state index is 13.7. The SMILES string of the molecule is Cc1coc(C2CCCN2C(=O)c2cc(C(=O)NCCCNCc3cccc(C(F)(F)F)c3)cc(-c3ncco3)c2)n1. The molecule has 0 spiro atoms. The molecule has 9 nitrogen and oxygen atoms in total. The van der Waals surface area contributed by atoms with E-state index in [-0.39, 0.29) is 35.9 Å². The summed E-state index contributed by atoms with van der Waals surface area (Å²) in [6.07, 6.45) is 2.13. The minimum Gasteiger partial charge on any atom is -0.446 e. The highest BCUT2D eigenvalue weighted by molar-refractivity contribution is 6.01. The lowest BCUT2D eigenvalue weighted by molar-refractivity contribution is -0.137. The van der Waals surface area contributed by atoms with Gasteiger partial charge in [-0.2, -0.15) is 13.2 Å². The zero-order chi connectivity index (χ0) is 29.7. The predicted octanol–water partition coefficient (Wildman–Crippen LogP) is 5.54. The lowest BCUT2D eigenvalue weighted by Crippen LogP contribution is -2.31. The lowest BCUT2D eigenvalue weighted by atomic mass is 10.0. The Hall–Kier alpha value is -4.45. The molecule has 1 saturated heterocycles. The predicted molar refractivity (Wildman–Crippen MR) is 146 cm³/mol. The van der Waals surface area contributed by atoms with Crippen LogP contribution in [0.25, 0.3) is 11.5 Å². The molecule has 12 heteroatoms. The Bertz CT molecular complexity index is 1530. The summed E-state index contributed by atoms with van der Waals surface area (Å²) in [6.45, 7) is 3.42. The molecule has 1 unspecified atom stereocenters. The van der Waals surface area contributed by atoms with E-state index in [4.69, 9.17) is 8.83 Å². The second-order valence-electron chi connectivity index (χ2n) is 10.1. The summed E-state index contributed by atoms with van der Waals surface area (Å²) in [7, 11) is 0. The third kappa shape index (κ3) is 6.88. The average molecular weight is 582 g/mol. The first-order valence-corrected chi connectivity index (χ1v) is 13.6. The van der Waals surface area contributed by atoms with E-state index in [1.807, 2.05) is 6.92 Å². The molecule has 5 rings (SSSR count). The number of alkyl halides is 3. The van der Waals surface area contributed by atoms with Crippen molar-refractivity contribution >= 4 is 11.8 Å². The zero-order valence-electron chi connectivity index (χ0n) is 22.9. The number of aryl methyl sites for hydroxylation is 1. The van der Waals surface area contributed by atoms with Crippen LogP contribution in [0, 0.1) is 6.92 Å². The monoisotopic (exact) mass is 581 g/mol. The van der Waals surface area contributed by atoms with Crippen LogP contribution in [0.2, 0.25) is 0 Å². The molecule has 1 aliphatic heterocycles. The summed E-state index contributed by atoms with van der Waals surface area (Å²) >= 11 is 0.